The average molecular weight is 277 g/mol. The minimum Gasteiger partial charge on any atom is -0.388 e. The summed E-state index contributed by atoms with van der Waals surface area (Å²) in [4.78, 5) is 4.40. The van der Waals surface area contributed by atoms with Gasteiger partial charge in [0.05, 0.1) is 17.5 Å². The maximum atomic E-state index is 10.3. The van der Waals surface area contributed by atoms with Crippen LogP contribution >= 0.6 is 11.8 Å². The van der Waals surface area contributed by atoms with E-state index in [-0.39, 0.29) is 0 Å². The van der Waals surface area contributed by atoms with Crippen LogP contribution in [-0.2, 0) is 6.54 Å². The monoisotopic (exact) mass is 277 g/mol. The topological polar surface area (TPSA) is 49.6 Å². The van der Waals surface area contributed by atoms with Gasteiger partial charge in [-0.05, 0) is 36.8 Å². The number of aryl methyl sites for hydroxylation is 1. The third-order valence-corrected chi connectivity index (χ3v) is 4.82. The third kappa shape index (κ3) is 2.78. The van der Waals surface area contributed by atoms with Crippen molar-refractivity contribution in [2.45, 2.75) is 25.5 Å². The zero-order valence-electron chi connectivity index (χ0n) is 11.1. The largest absolute Gasteiger partial charge is 0.388 e. The van der Waals surface area contributed by atoms with Crippen LogP contribution in [0.1, 0.15) is 17.7 Å². The first-order valence-electron chi connectivity index (χ1n) is 6.60. The Labute approximate surface area is 117 Å². The van der Waals surface area contributed by atoms with Crippen molar-refractivity contribution in [3.63, 3.8) is 0 Å². The fourth-order valence-electron chi connectivity index (χ4n) is 2.42. The number of hydrogen-bond donors (Lipinski definition) is 2. The number of fused-ring (bicyclic) bond motifs is 1. The molecule has 2 aromatic heterocycles. The Morgan fingerprint density at radius 3 is 3.26 bits per heavy atom. The van der Waals surface area contributed by atoms with Crippen LogP contribution in [0.3, 0.4) is 0 Å². The second kappa shape index (κ2) is 5.15. The predicted molar refractivity (Wildman–Crippen MR) is 78.5 cm³/mol. The highest BCUT2D eigenvalue weighted by Gasteiger charge is 2.31. The molecular weight excluding hydrogens is 258 g/mol. The molecule has 0 aromatic carbocycles. The molecule has 3 heterocycles. The van der Waals surface area contributed by atoms with Crippen molar-refractivity contribution in [1.82, 2.24) is 14.7 Å². The van der Waals surface area contributed by atoms with Gasteiger partial charge in [0, 0.05) is 25.0 Å². The van der Waals surface area contributed by atoms with E-state index in [4.69, 9.17) is 0 Å². The molecule has 1 saturated heterocycles. The Hall–Kier alpha value is -1.04. The number of thioether (sulfide) groups is 1. The summed E-state index contributed by atoms with van der Waals surface area (Å²) in [5, 5.41) is 13.6. The van der Waals surface area contributed by atoms with Crippen molar-refractivity contribution < 1.29 is 5.11 Å². The fraction of sp³-hybridized carbons (Fsp3) is 0.500. The number of nitrogens with one attached hydrogen (secondary N) is 1. The third-order valence-electron chi connectivity index (χ3n) is 3.59. The highest BCUT2D eigenvalue weighted by atomic mass is 32.2. The van der Waals surface area contributed by atoms with E-state index in [1.54, 1.807) is 0 Å². The molecule has 3 rings (SSSR count). The van der Waals surface area contributed by atoms with Crippen LogP contribution in [-0.4, -0.2) is 38.1 Å². The van der Waals surface area contributed by atoms with Gasteiger partial charge in [-0.1, -0.05) is 0 Å². The number of nitrogens with zero attached hydrogens (tertiary/aromatic N) is 2. The molecule has 1 aliphatic rings. The molecule has 2 N–H and O–H groups in total. The summed E-state index contributed by atoms with van der Waals surface area (Å²) in [7, 11) is 0. The Bertz CT molecular complexity index is 575. The summed E-state index contributed by atoms with van der Waals surface area (Å²) < 4.78 is 2.09. The van der Waals surface area contributed by atoms with Crippen LogP contribution in [0.2, 0.25) is 0 Å². The van der Waals surface area contributed by atoms with Gasteiger partial charge >= 0.3 is 0 Å². The van der Waals surface area contributed by atoms with E-state index in [1.807, 2.05) is 18.0 Å². The Kier molecular flexibility index (Phi) is 3.52. The number of hydrogen-bond acceptors (Lipinski definition) is 4. The molecule has 1 unspecified atom stereocenters. The molecule has 0 bridgehead atoms. The first-order valence-corrected chi connectivity index (χ1v) is 7.75. The van der Waals surface area contributed by atoms with Gasteiger partial charge in [-0.2, -0.15) is 11.8 Å². The molecule has 0 spiro atoms. The standard InChI is InChI=1S/C14H19N3OS/c1-11-2-4-17-12(8-16-13(17)6-11)7-15-9-14(18)3-5-19-10-14/h2,4,6,8,15,18H,3,5,7,9-10H2,1H3. The van der Waals surface area contributed by atoms with Crippen LogP contribution in [0, 0.1) is 6.92 Å². The lowest BCUT2D eigenvalue weighted by Crippen LogP contribution is -2.40. The lowest BCUT2D eigenvalue weighted by molar-refractivity contribution is 0.0673. The van der Waals surface area contributed by atoms with E-state index < -0.39 is 5.60 Å². The van der Waals surface area contributed by atoms with Gasteiger partial charge in [-0.3, -0.25) is 0 Å². The van der Waals surface area contributed by atoms with Gasteiger partial charge in [0.25, 0.3) is 0 Å². The fourth-order valence-corrected chi connectivity index (χ4v) is 3.72. The predicted octanol–water partition coefficient (Wildman–Crippen LogP) is 1.60. The van der Waals surface area contributed by atoms with Crippen molar-refractivity contribution in [1.29, 1.82) is 0 Å². The van der Waals surface area contributed by atoms with Crippen molar-refractivity contribution in [2.24, 2.45) is 0 Å². The molecule has 19 heavy (non-hydrogen) atoms. The molecule has 4 nitrogen and oxygen atoms in total. The highest BCUT2D eigenvalue weighted by Crippen LogP contribution is 2.27. The first kappa shape index (κ1) is 13.0. The SMILES string of the molecule is Cc1ccn2c(CNCC3(O)CCSC3)cnc2c1. The zero-order valence-corrected chi connectivity index (χ0v) is 11.9. The Morgan fingerprint density at radius 2 is 2.47 bits per heavy atom. The second-order valence-electron chi connectivity index (χ2n) is 5.31. The summed E-state index contributed by atoms with van der Waals surface area (Å²) >= 11 is 1.83. The van der Waals surface area contributed by atoms with Gasteiger partial charge in [0.2, 0.25) is 0 Å². The van der Waals surface area contributed by atoms with E-state index in [9.17, 15) is 5.11 Å². The van der Waals surface area contributed by atoms with Crippen molar-refractivity contribution in [3.8, 4) is 0 Å². The smallest absolute Gasteiger partial charge is 0.137 e. The molecule has 102 valence electrons. The molecular formula is C14H19N3OS. The maximum absolute atomic E-state index is 10.3. The van der Waals surface area contributed by atoms with Crippen molar-refractivity contribution in [2.75, 3.05) is 18.1 Å². The van der Waals surface area contributed by atoms with E-state index >= 15 is 0 Å². The van der Waals surface area contributed by atoms with Gasteiger partial charge < -0.3 is 14.8 Å². The molecule has 1 aliphatic heterocycles. The molecule has 0 amide bonds. The summed E-state index contributed by atoms with van der Waals surface area (Å²) in [6.07, 6.45) is 4.83. The number of pyridine rings is 1. The van der Waals surface area contributed by atoms with Crippen LogP contribution < -0.4 is 5.32 Å². The van der Waals surface area contributed by atoms with E-state index in [1.165, 1.54) is 5.56 Å². The minimum atomic E-state index is -0.526. The second-order valence-corrected chi connectivity index (χ2v) is 6.42. The quantitative estimate of drug-likeness (QED) is 0.891. The lowest BCUT2D eigenvalue weighted by atomic mass is 10.0. The number of imidazole rings is 1. The lowest BCUT2D eigenvalue weighted by Gasteiger charge is -2.21. The zero-order chi connectivity index (χ0) is 13.3. The van der Waals surface area contributed by atoms with Gasteiger partial charge in [0.1, 0.15) is 5.65 Å². The normalized spacial score (nSPS) is 23.3. The number of aromatic nitrogens is 2. The summed E-state index contributed by atoms with van der Waals surface area (Å²) in [5.74, 6) is 1.90. The van der Waals surface area contributed by atoms with Gasteiger partial charge in [0.15, 0.2) is 0 Å². The highest BCUT2D eigenvalue weighted by molar-refractivity contribution is 7.99. The molecule has 1 atom stereocenters. The number of rotatable bonds is 4. The molecule has 0 saturated carbocycles. The molecule has 5 heteroatoms. The molecule has 1 fully saturated rings. The van der Waals surface area contributed by atoms with Crippen LogP contribution in [0.15, 0.2) is 24.5 Å². The maximum Gasteiger partial charge on any atom is 0.137 e. The molecule has 0 radical (unpaired) electrons. The van der Waals surface area contributed by atoms with Crippen molar-refractivity contribution >= 4 is 17.4 Å². The summed E-state index contributed by atoms with van der Waals surface area (Å²) in [5.41, 5.74) is 2.80. The molecule has 2 aromatic rings. The van der Waals surface area contributed by atoms with E-state index in [0.29, 0.717) is 6.54 Å². The summed E-state index contributed by atoms with van der Waals surface area (Å²) in [6.45, 7) is 3.45. The molecule has 0 aliphatic carbocycles. The Balaban J connectivity index is 1.65. The Morgan fingerprint density at radius 1 is 1.58 bits per heavy atom. The first-order chi connectivity index (χ1) is 9.16. The van der Waals surface area contributed by atoms with E-state index in [0.717, 1.165) is 35.8 Å². The van der Waals surface area contributed by atoms with E-state index in [2.05, 4.69) is 40.0 Å². The van der Waals surface area contributed by atoms with Gasteiger partial charge in [-0.15, -0.1) is 0 Å². The van der Waals surface area contributed by atoms with Crippen LogP contribution in [0.25, 0.3) is 5.65 Å². The minimum absolute atomic E-state index is 0.526. The van der Waals surface area contributed by atoms with Crippen molar-refractivity contribution in [3.05, 3.63) is 35.8 Å². The van der Waals surface area contributed by atoms with Crippen LogP contribution in [0.5, 0.6) is 0 Å². The number of aliphatic hydroxyl groups is 1. The average Bonchev–Trinajstić information content (AvgIpc) is 2.97. The van der Waals surface area contributed by atoms with Crippen LogP contribution in [0.4, 0.5) is 0 Å². The van der Waals surface area contributed by atoms with Gasteiger partial charge in [-0.25, -0.2) is 4.98 Å². The summed E-state index contributed by atoms with van der Waals surface area (Å²) in [6, 6.07) is 4.16.